The van der Waals surface area contributed by atoms with Crippen LogP contribution in [-0.2, 0) is 19.8 Å². The first kappa shape index (κ1) is 17.7. The predicted molar refractivity (Wildman–Crippen MR) is 89.1 cm³/mol. The Morgan fingerprint density at radius 2 is 1.88 bits per heavy atom. The number of amides is 1. The molecule has 2 aromatic heterocycles. The third-order valence-electron chi connectivity index (χ3n) is 3.76. The van der Waals surface area contributed by atoms with Crippen molar-refractivity contribution < 1.29 is 18.0 Å². The van der Waals surface area contributed by atoms with Gasteiger partial charge in [-0.1, -0.05) is 18.2 Å². The van der Waals surface area contributed by atoms with Crippen molar-refractivity contribution in [2.45, 2.75) is 12.7 Å². The molecular weight excluding hydrogens is 345 g/mol. The Morgan fingerprint density at radius 3 is 2.58 bits per heavy atom. The van der Waals surface area contributed by atoms with Crippen LogP contribution in [0.25, 0.3) is 11.4 Å². The van der Waals surface area contributed by atoms with Gasteiger partial charge in [-0.05, 0) is 30.3 Å². The number of rotatable bonds is 4. The smallest absolute Gasteiger partial charge is 0.346 e. The van der Waals surface area contributed by atoms with Gasteiger partial charge in [0.25, 0.3) is 5.91 Å². The Bertz CT molecular complexity index is 920. The molecule has 0 aliphatic carbocycles. The van der Waals surface area contributed by atoms with E-state index in [0.29, 0.717) is 11.4 Å². The fraction of sp³-hybridized carbons (Fsp3) is 0.167. The number of alkyl halides is 3. The predicted octanol–water partition coefficient (Wildman–Crippen LogP) is 3.43. The number of benzene rings is 1. The first-order valence-electron chi connectivity index (χ1n) is 7.75. The summed E-state index contributed by atoms with van der Waals surface area (Å²) in [6.45, 7) is 0.00565. The molecule has 8 heteroatoms. The maximum Gasteiger partial charge on any atom is 0.417 e. The highest BCUT2D eigenvalue weighted by Crippen LogP contribution is 2.31. The molecule has 0 radical (unpaired) electrons. The average Bonchev–Trinajstić information content (AvgIpc) is 3.00. The van der Waals surface area contributed by atoms with Crippen molar-refractivity contribution in [1.82, 2.24) is 20.1 Å². The van der Waals surface area contributed by atoms with Gasteiger partial charge < -0.3 is 5.32 Å². The summed E-state index contributed by atoms with van der Waals surface area (Å²) >= 11 is 0. The number of carbonyl (C=O) groups is 1. The first-order valence-corrected chi connectivity index (χ1v) is 7.75. The van der Waals surface area contributed by atoms with Crippen molar-refractivity contribution in [3.63, 3.8) is 0 Å². The molecule has 26 heavy (non-hydrogen) atoms. The second-order valence-corrected chi connectivity index (χ2v) is 5.59. The van der Waals surface area contributed by atoms with Crippen LogP contribution in [-0.4, -0.2) is 20.7 Å². The number of carbonyl (C=O) groups excluding carboxylic acids is 1. The maximum atomic E-state index is 13.0. The molecule has 1 aromatic carbocycles. The minimum absolute atomic E-state index is 0.00565. The van der Waals surface area contributed by atoms with Gasteiger partial charge in [0, 0.05) is 13.2 Å². The van der Waals surface area contributed by atoms with Crippen LogP contribution in [0, 0.1) is 0 Å². The van der Waals surface area contributed by atoms with Crippen LogP contribution < -0.4 is 5.32 Å². The number of nitrogens with one attached hydrogen (secondary N) is 1. The molecule has 134 valence electrons. The number of nitrogens with zero attached hydrogens (tertiary/aromatic N) is 3. The molecule has 0 unspecified atom stereocenters. The fourth-order valence-corrected chi connectivity index (χ4v) is 2.56. The van der Waals surface area contributed by atoms with Crippen LogP contribution in [0.2, 0.25) is 0 Å². The van der Waals surface area contributed by atoms with Gasteiger partial charge in [-0.2, -0.15) is 18.3 Å². The molecule has 0 fully saturated rings. The van der Waals surface area contributed by atoms with Crippen LogP contribution in [0.4, 0.5) is 13.2 Å². The van der Waals surface area contributed by atoms with E-state index in [2.05, 4.69) is 15.4 Å². The summed E-state index contributed by atoms with van der Waals surface area (Å²) in [4.78, 5) is 16.4. The van der Waals surface area contributed by atoms with Gasteiger partial charge in [-0.3, -0.25) is 14.5 Å². The van der Waals surface area contributed by atoms with Crippen molar-refractivity contribution in [3.8, 4) is 11.4 Å². The molecule has 0 saturated heterocycles. The van der Waals surface area contributed by atoms with Crippen LogP contribution in [0.15, 0.2) is 54.7 Å². The summed E-state index contributed by atoms with van der Waals surface area (Å²) in [6, 6.07) is 11.9. The third kappa shape index (κ3) is 3.74. The summed E-state index contributed by atoms with van der Waals surface area (Å²) < 4.78 is 40.6. The lowest BCUT2D eigenvalue weighted by atomic mass is 10.1. The molecule has 3 rings (SSSR count). The van der Waals surface area contributed by atoms with E-state index in [1.54, 1.807) is 30.1 Å². The zero-order valence-corrected chi connectivity index (χ0v) is 13.8. The quantitative estimate of drug-likeness (QED) is 0.775. The van der Waals surface area contributed by atoms with Gasteiger partial charge in [-0.15, -0.1) is 0 Å². The Kier molecular flexibility index (Phi) is 4.75. The van der Waals surface area contributed by atoms with Crippen molar-refractivity contribution in [3.05, 3.63) is 71.5 Å². The van der Waals surface area contributed by atoms with E-state index in [9.17, 15) is 18.0 Å². The third-order valence-corrected chi connectivity index (χ3v) is 3.76. The van der Waals surface area contributed by atoms with Gasteiger partial charge in [0.2, 0.25) is 0 Å². The van der Waals surface area contributed by atoms with Crippen LogP contribution in [0.3, 0.4) is 0 Å². The van der Waals surface area contributed by atoms with E-state index in [1.807, 2.05) is 12.1 Å². The molecule has 5 nitrogen and oxygen atoms in total. The molecule has 0 spiro atoms. The largest absolute Gasteiger partial charge is 0.417 e. The topological polar surface area (TPSA) is 59.8 Å². The SMILES string of the molecule is Cn1nc(CNC(=O)c2ccccc2C(F)(F)F)cc1-c1ccccn1. The average molecular weight is 360 g/mol. The maximum absolute atomic E-state index is 13.0. The number of aryl methyl sites for hydroxylation is 1. The number of pyridine rings is 1. The van der Waals surface area contributed by atoms with Gasteiger partial charge in [-0.25, -0.2) is 0 Å². The molecular formula is C18H15F3N4O. The molecule has 2 heterocycles. The van der Waals surface area contributed by atoms with E-state index < -0.39 is 23.2 Å². The summed E-state index contributed by atoms with van der Waals surface area (Å²) in [7, 11) is 1.73. The van der Waals surface area contributed by atoms with E-state index >= 15 is 0 Å². The lowest BCUT2D eigenvalue weighted by Crippen LogP contribution is -2.26. The summed E-state index contributed by atoms with van der Waals surface area (Å²) in [5, 5.41) is 6.75. The summed E-state index contributed by atoms with van der Waals surface area (Å²) in [5.41, 5.74) is 0.590. The highest BCUT2D eigenvalue weighted by atomic mass is 19.4. The van der Waals surface area contributed by atoms with Crippen LogP contribution in [0.5, 0.6) is 0 Å². The van der Waals surface area contributed by atoms with Gasteiger partial charge >= 0.3 is 6.18 Å². The number of aromatic nitrogens is 3. The van der Waals surface area contributed by atoms with Crippen molar-refractivity contribution in [1.29, 1.82) is 0 Å². The minimum atomic E-state index is -4.59. The minimum Gasteiger partial charge on any atom is -0.346 e. The van der Waals surface area contributed by atoms with Crippen molar-refractivity contribution in [2.24, 2.45) is 7.05 Å². The summed E-state index contributed by atoms with van der Waals surface area (Å²) in [6.07, 6.45) is -2.94. The Morgan fingerprint density at radius 1 is 1.15 bits per heavy atom. The monoisotopic (exact) mass is 360 g/mol. The van der Waals surface area contributed by atoms with Crippen LogP contribution >= 0.6 is 0 Å². The van der Waals surface area contributed by atoms with Gasteiger partial charge in [0.05, 0.1) is 34.8 Å². The van der Waals surface area contributed by atoms with E-state index in [1.165, 1.54) is 12.1 Å². The Balaban J connectivity index is 1.76. The molecule has 1 N–H and O–H groups in total. The van der Waals surface area contributed by atoms with Crippen LogP contribution in [0.1, 0.15) is 21.6 Å². The normalized spacial score (nSPS) is 11.4. The number of halogens is 3. The second kappa shape index (κ2) is 6.99. The number of hydrogen-bond acceptors (Lipinski definition) is 3. The van der Waals surface area contributed by atoms with Crippen molar-refractivity contribution in [2.75, 3.05) is 0 Å². The van der Waals surface area contributed by atoms with Gasteiger partial charge in [0.1, 0.15) is 0 Å². The molecule has 0 saturated carbocycles. The number of hydrogen-bond donors (Lipinski definition) is 1. The first-order chi connectivity index (χ1) is 12.4. The van der Waals surface area contributed by atoms with Gasteiger partial charge in [0.15, 0.2) is 0 Å². The lowest BCUT2D eigenvalue weighted by Gasteiger charge is -2.12. The summed E-state index contributed by atoms with van der Waals surface area (Å²) in [5.74, 6) is -0.803. The Labute approximate surface area is 147 Å². The fourth-order valence-electron chi connectivity index (χ4n) is 2.56. The zero-order valence-electron chi connectivity index (χ0n) is 13.8. The Hall–Kier alpha value is -3.16. The molecule has 0 aliphatic heterocycles. The van der Waals surface area contributed by atoms with Crippen molar-refractivity contribution >= 4 is 5.91 Å². The lowest BCUT2D eigenvalue weighted by molar-refractivity contribution is -0.137. The molecule has 1 amide bonds. The molecule has 0 atom stereocenters. The highest BCUT2D eigenvalue weighted by Gasteiger charge is 2.34. The second-order valence-electron chi connectivity index (χ2n) is 5.59. The zero-order chi connectivity index (χ0) is 18.7. The van der Waals surface area contributed by atoms with E-state index in [4.69, 9.17) is 0 Å². The van der Waals surface area contributed by atoms with E-state index in [0.717, 1.165) is 17.8 Å². The molecule has 3 aromatic rings. The standard InChI is InChI=1S/C18H15F3N4O/c1-25-16(15-8-4-5-9-22-15)10-12(24-25)11-23-17(26)13-6-2-3-7-14(13)18(19,20)21/h2-10H,11H2,1H3,(H,23,26). The molecule has 0 aliphatic rings. The van der Waals surface area contributed by atoms with E-state index in [-0.39, 0.29) is 6.54 Å². The molecule has 0 bridgehead atoms. The highest BCUT2D eigenvalue weighted by molar-refractivity contribution is 5.95.